The molecule has 0 amide bonds. The standard InChI is InChI=1S/C29H35F4NO7S2/c1-28(2,29(31,32)33)41-27(35)17-21-8-13-26-25(16-21)34(43(38,39)24-11-9-22(30)10-12-24)18-23(40-26)14-15-42(36,37)19-20-6-4-3-5-7-20/h8-13,16,20,23H,3-7,14-15,17-19H2,1-2H3/t23-/m0/s1. The molecule has 2 aromatic carbocycles. The maximum atomic E-state index is 13.7. The number of sulfonamides is 1. The molecule has 14 heteroatoms. The molecule has 8 nitrogen and oxygen atoms in total. The zero-order valence-electron chi connectivity index (χ0n) is 23.9. The second-order valence-electron chi connectivity index (χ2n) is 11.6. The molecular weight excluding hydrogens is 614 g/mol. The van der Waals surface area contributed by atoms with Crippen LogP contribution in [0.4, 0.5) is 23.2 Å². The average molecular weight is 650 g/mol. The quantitative estimate of drug-likeness (QED) is 0.244. The Bertz CT molecular complexity index is 1520. The Morgan fingerprint density at radius 3 is 2.28 bits per heavy atom. The first-order chi connectivity index (χ1) is 20.0. The minimum atomic E-state index is -4.80. The highest BCUT2D eigenvalue weighted by Gasteiger charge is 2.50. The van der Waals surface area contributed by atoms with Gasteiger partial charge in [0.1, 0.15) is 17.7 Å². The summed E-state index contributed by atoms with van der Waals surface area (Å²) in [6, 6.07) is 8.22. The third kappa shape index (κ3) is 8.20. The van der Waals surface area contributed by atoms with Crippen LogP contribution in [0.1, 0.15) is 57.9 Å². The summed E-state index contributed by atoms with van der Waals surface area (Å²) in [6.07, 6.45) is -1.39. The van der Waals surface area contributed by atoms with Crippen LogP contribution in [0.5, 0.6) is 5.75 Å². The van der Waals surface area contributed by atoms with E-state index in [1.807, 2.05) is 0 Å². The number of rotatable bonds is 10. The van der Waals surface area contributed by atoms with Gasteiger partial charge in [-0.1, -0.05) is 25.3 Å². The number of sulfone groups is 1. The van der Waals surface area contributed by atoms with Crippen LogP contribution in [0.25, 0.3) is 0 Å². The van der Waals surface area contributed by atoms with Crippen LogP contribution in [0, 0.1) is 11.7 Å². The number of anilines is 1. The molecule has 0 spiro atoms. The summed E-state index contributed by atoms with van der Waals surface area (Å²) in [4.78, 5) is 12.1. The molecule has 43 heavy (non-hydrogen) atoms. The Morgan fingerprint density at radius 1 is 1.00 bits per heavy atom. The van der Waals surface area contributed by atoms with Crippen LogP contribution in [-0.4, -0.2) is 58.7 Å². The molecule has 2 aromatic rings. The monoisotopic (exact) mass is 649 g/mol. The molecule has 0 N–H and O–H groups in total. The van der Waals surface area contributed by atoms with Crippen molar-refractivity contribution in [3.63, 3.8) is 0 Å². The summed E-state index contributed by atoms with van der Waals surface area (Å²) < 4.78 is 118. The third-order valence-corrected chi connectivity index (χ3v) is 11.4. The minimum Gasteiger partial charge on any atom is -0.486 e. The maximum absolute atomic E-state index is 13.7. The van der Waals surface area contributed by atoms with Crippen molar-refractivity contribution >= 4 is 31.5 Å². The van der Waals surface area contributed by atoms with E-state index in [0.717, 1.165) is 74.5 Å². The lowest BCUT2D eigenvalue weighted by Gasteiger charge is -2.36. The van der Waals surface area contributed by atoms with Gasteiger partial charge in [0, 0.05) is 0 Å². The van der Waals surface area contributed by atoms with Crippen molar-refractivity contribution in [2.45, 2.75) is 81.6 Å². The molecule has 1 aliphatic carbocycles. The van der Waals surface area contributed by atoms with E-state index < -0.39 is 55.9 Å². The number of carbonyl (C=O) groups excluding carboxylic acids is 1. The number of hydrogen-bond donors (Lipinski definition) is 0. The van der Waals surface area contributed by atoms with Crippen molar-refractivity contribution in [2.75, 3.05) is 22.4 Å². The molecule has 1 fully saturated rings. The first kappa shape index (κ1) is 33.0. The summed E-state index contributed by atoms with van der Waals surface area (Å²) in [7, 11) is -7.76. The number of fused-ring (bicyclic) bond motifs is 1. The Labute approximate surface area is 249 Å². The fourth-order valence-electron chi connectivity index (χ4n) is 5.23. The van der Waals surface area contributed by atoms with E-state index in [1.54, 1.807) is 0 Å². The number of carbonyl (C=O) groups is 1. The second kappa shape index (κ2) is 12.6. The van der Waals surface area contributed by atoms with Crippen molar-refractivity contribution in [3.8, 4) is 5.75 Å². The van der Waals surface area contributed by atoms with Crippen molar-refractivity contribution in [3.05, 3.63) is 53.8 Å². The van der Waals surface area contributed by atoms with E-state index >= 15 is 0 Å². The van der Waals surface area contributed by atoms with Crippen LogP contribution < -0.4 is 9.04 Å². The summed E-state index contributed by atoms with van der Waals surface area (Å²) in [5.74, 6) is -1.77. The Balaban J connectivity index is 1.58. The smallest absolute Gasteiger partial charge is 0.427 e. The van der Waals surface area contributed by atoms with E-state index in [1.165, 1.54) is 18.2 Å². The number of alkyl halides is 3. The molecule has 0 bridgehead atoms. The van der Waals surface area contributed by atoms with Gasteiger partial charge in [-0.2, -0.15) is 13.2 Å². The Kier molecular flexibility index (Phi) is 9.70. The van der Waals surface area contributed by atoms with Gasteiger partial charge < -0.3 is 9.47 Å². The highest BCUT2D eigenvalue weighted by molar-refractivity contribution is 7.93. The van der Waals surface area contributed by atoms with E-state index in [2.05, 4.69) is 4.74 Å². The lowest BCUT2D eigenvalue weighted by molar-refractivity contribution is -0.257. The van der Waals surface area contributed by atoms with Crippen LogP contribution in [0.15, 0.2) is 47.4 Å². The van der Waals surface area contributed by atoms with Crippen molar-refractivity contribution in [2.24, 2.45) is 5.92 Å². The van der Waals surface area contributed by atoms with Crippen LogP contribution >= 0.6 is 0 Å². The van der Waals surface area contributed by atoms with Gasteiger partial charge in [-0.15, -0.1) is 0 Å². The van der Waals surface area contributed by atoms with Crippen LogP contribution in [0.3, 0.4) is 0 Å². The first-order valence-electron chi connectivity index (χ1n) is 14.0. The third-order valence-electron chi connectivity index (χ3n) is 7.72. The Hall–Kier alpha value is -2.87. The molecule has 2 aliphatic rings. The van der Waals surface area contributed by atoms with Gasteiger partial charge in [0.2, 0.25) is 5.60 Å². The highest BCUT2D eigenvalue weighted by atomic mass is 32.2. The van der Waals surface area contributed by atoms with E-state index in [9.17, 15) is 39.2 Å². The zero-order valence-corrected chi connectivity index (χ0v) is 25.5. The predicted octanol–water partition coefficient (Wildman–Crippen LogP) is 5.59. The highest BCUT2D eigenvalue weighted by Crippen LogP contribution is 2.39. The van der Waals surface area contributed by atoms with Crippen molar-refractivity contribution < 1.29 is 48.7 Å². The predicted molar refractivity (Wildman–Crippen MR) is 152 cm³/mol. The van der Waals surface area contributed by atoms with Crippen molar-refractivity contribution in [1.29, 1.82) is 0 Å². The summed E-state index contributed by atoms with van der Waals surface area (Å²) >= 11 is 0. The van der Waals surface area contributed by atoms with Gasteiger partial charge in [-0.3, -0.25) is 9.10 Å². The number of esters is 1. The van der Waals surface area contributed by atoms with Gasteiger partial charge in [0.25, 0.3) is 10.0 Å². The average Bonchev–Trinajstić information content (AvgIpc) is 2.91. The van der Waals surface area contributed by atoms with Gasteiger partial charge in [-0.25, -0.2) is 21.2 Å². The molecule has 1 heterocycles. The molecule has 1 atom stereocenters. The Morgan fingerprint density at radius 2 is 1.65 bits per heavy atom. The molecular formula is C29H35F4NO7S2. The molecule has 0 unspecified atom stereocenters. The molecule has 1 saturated carbocycles. The lowest BCUT2D eigenvalue weighted by Crippen LogP contribution is -2.44. The second-order valence-corrected chi connectivity index (χ2v) is 15.7. The number of nitrogens with zero attached hydrogens (tertiary/aromatic N) is 1. The lowest BCUT2D eigenvalue weighted by atomic mass is 9.91. The number of ether oxygens (including phenoxy) is 2. The van der Waals surface area contributed by atoms with Crippen molar-refractivity contribution in [1.82, 2.24) is 0 Å². The van der Waals surface area contributed by atoms with Gasteiger partial charge >= 0.3 is 12.1 Å². The normalized spacial score (nSPS) is 18.6. The topological polar surface area (TPSA) is 107 Å². The van der Waals surface area contributed by atoms with Gasteiger partial charge in [0.15, 0.2) is 9.84 Å². The fraction of sp³-hybridized carbons (Fsp3) is 0.552. The molecule has 1 aliphatic heterocycles. The largest absolute Gasteiger partial charge is 0.486 e. The molecule has 0 aromatic heterocycles. The van der Waals surface area contributed by atoms with Gasteiger partial charge in [-0.05, 0) is 81.0 Å². The zero-order chi connectivity index (χ0) is 31.6. The fourth-order valence-corrected chi connectivity index (χ4v) is 8.57. The summed E-state index contributed by atoms with van der Waals surface area (Å²) in [5.41, 5.74) is -2.56. The number of halogens is 4. The SMILES string of the molecule is CC(C)(OC(=O)Cc1ccc2c(c1)N(S(=O)(=O)c1ccc(F)cc1)C[C@H](CCS(=O)(=O)CC1CCCCC1)O2)C(F)(F)F. The molecule has 0 radical (unpaired) electrons. The number of hydrogen-bond acceptors (Lipinski definition) is 7. The first-order valence-corrected chi connectivity index (χ1v) is 17.3. The maximum Gasteiger partial charge on any atom is 0.427 e. The van der Waals surface area contributed by atoms with Crippen LogP contribution in [0.2, 0.25) is 0 Å². The minimum absolute atomic E-state index is 0.00557. The van der Waals surface area contributed by atoms with E-state index in [-0.39, 0.29) is 52.3 Å². The van der Waals surface area contributed by atoms with E-state index in [0.29, 0.717) is 0 Å². The molecule has 0 saturated heterocycles. The van der Waals surface area contributed by atoms with E-state index in [4.69, 9.17) is 4.74 Å². The molecule has 238 valence electrons. The van der Waals surface area contributed by atoms with Crippen LogP contribution in [-0.2, 0) is 35.8 Å². The molecule has 4 rings (SSSR count). The summed E-state index contributed by atoms with van der Waals surface area (Å²) in [6.45, 7) is 1.16. The van der Waals surface area contributed by atoms with Gasteiger partial charge in [0.05, 0.1) is 35.1 Å². The summed E-state index contributed by atoms with van der Waals surface area (Å²) in [5, 5.41) is 0. The number of benzene rings is 2.